The fraction of sp³-hybridized carbons (Fsp3) is 0.700. The second-order valence-corrected chi connectivity index (χ2v) is 6.85. The first kappa shape index (κ1) is 16.5. The molecule has 3 unspecified atom stereocenters. The molecule has 1 aliphatic carbocycles. The highest BCUT2D eigenvalue weighted by Crippen LogP contribution is 2.27. The van der Waals surface area contributed by atoms with Gasteiger partial charge in [-0.15, -0.1) is 0 Å². The molecule has 1 aliphatic rings. The van der Waals surface area contributed by atoms with Gasteiger partial charge >= 0.3 is 0 Å². The molecule has 0 amide bonds. The lowest BCUT2D eigenvalue weighted by Crippen LogP contribution is -2.37. The van der Waals surface area contributed by atoms with E-state index in [2.05, 4.69) is 49.5 Å². The number of nitrogens with one attached hydrogen (secondary N) is 1. The fourth-order valence-electron chi connectivity index (χ4n) is 3.63. The van der Waals surface area contributed by atoms with E-state index in [0.29, 0.717) is 12.1 Å². The topological polar surface area (TPSA) is 12.0 Å². The van der Waals surface area contributed by atoms with Crippen LogP contribution in [0.1, 0.15) is 83.2 Å². The van der Waals surface area contributed by atoms with Gasteiger partial charge in [-0.25, -0.2) is 0 Å². The summed E-state index contributed by atoms with van der Waals surface area (Å²) in [5, 5.41) is 4.02. The Kier molecular flexibility index (Phi) is 7.29. The minimum Gasteiger partial charge on any atom is -0.307 e. The van der Waals surface area contributed by atoms with Crippen molar-refractivity contribution in [3.05, 3.63) is 35.9 Å². The van der Waals surface area contributed by atoms with E-state index in [-0.39, 0.29) is 0 Å². The van der Waals surface area contributed by atoms with Crippen LogP contribution in [0.3, 0.4) is 0 Å². The van der Waals surface area contributed by atoms with Gasteiger partial charge in [-0.05, 0) is 30.7 Å². The highest BCUT2D eigenvalue weighted by atomic mass is 15.0. The van der Waals surface area contributed by atoms with Gasteiger partial charge in [-0.2, -0.15) is 0 Å². The molecule has 1 aromatic carbocycles. The summed E-state index contributed by atoms with van der Waals surface area (Å²) in [6.07, 6.45) is 12.3. The first-order valence-corrected chi connectivity index (χ1v) is 9.12. The molecule has 0 aliphatic heterocycles. The molecule has 118 valence electrons. The molecule has 1 heteroatoms. The zero-order chi connectivity index (χ0) is 14.9. The van der Waals surface area contributed by atoms with Crippen molar-refractivity contribution < 1.29 is 0 Å². The van der Waals surface area contributed by atoms with Crippen molar-refractivity contribution in [3.63, 3.8) is 0 Å². The molecule has 0 heterocycles. The minimum absolute atomic E-state index is 0.545. The summed E-state index contributed by atoms with van der Waals surface area (Å²) in [5.41, 5.74) is 1.48. The quantitative estimate of drug-likeness (QED) is 0.489. The highest BCUT2D eigenvalue weighted by molar-refractivity contribution is 5.19. The third-order valence-electron chi connectivity index (χ3n) is 5.08. The summed E-state index contributed by atoms with van der Waals surface area (Å²) < 4.78 is 0. The van der Waals surface area contributed by atoms with Gasteiger partial charge in [-0.3, -0.25) is 0 Å². The summed E-state index contributed by atoms with van der Waals surface area (Å²) in [6.45, 7) is 4.73. The Bertz CT molecular complexity index is 373. The molecule has 2 rings (SSSR count). The summed E-state index contributed by atoms with van der Waals surface area (Å²) in [4.78, 5) is 0. The van der Waals surface area contributed by atoms with Crippen LogP contribution in [0, 0.1) is 5.92 Å². The van der Waals surface area contributed by atoms with Gasteiger partial charge < -0.3 is 5.32 Å². The molecule has 3 atom stereocenters. The Morgan fingerprint density at radius 1 is 1.05 bits per heavy atom. The van der Waals surface area contributed by atoms with Gasteiger partial charge in [0.15, 0.2) is 0 Å². The molecule has 1 nitrogen and oxygen atoms in total. The SMILES string of the molecule is CCCCCC(NC1CCCCCC1C)c1ccccc1. The van der Waals surface area contributed by atoms with E-state index in [9.17, 15) is 0 Å². The molecular formula is C20H33N. The Hall–Kier alpha value is -0.820. The van der Waals surface area contributed by atoms with Crippen LogP contribution in [0.5, 0.6) is 0 Å². The Labute approximate surface area is 131 Å². The van der Waals surface area contributed by atoms with Crippen LogP contribution in [0.15, 0.2) is 30.3 Å². The van der Waals surface area contributed by atoms with Crippen molar-refractivity contribution in [2.75, 3.05) is 0 Å². The molecule has 1 aromatic rings. The number of benzene rings is 1. The molecule has 0 bridgehead atoms. The first-order valence-electron chi connectivity index (χ1n) is 9.12. The maximum atomic E-state index is 4.02. The summed E-state index contributed by atoms with van der Waals surface area (Å²) in [7, 11) is 0. The van der Waals surface area contributed by atoms with Crippen molar-refractivity contribution >= 4 is 0 Å². The lowest BCUT2D eigenvalue weighted by atomic mass is 9.93. The van der Waals surface area contributed by atoms with Crippen LogP contribution in [-0.2, 0) is 0 Å². The van der Waals surface area contributed by atoms with Gasteiger partial charge in [0.2, 0.25) is 0 Å². The maximum absolute atomic E-state index is 4.02. The first-order chi connectivity index (χ1) is 10.3. The van der Waals surface area contributed by atoms with E-state index < -0.39 is 0 Å². The van der Waals surface area contributed by atoms with Crippen molar-refractivity contribution in [3.8, 4) is 0 Å². The number of rotatable bonds is 7. The molecule has 1 fully saturated rings. The van der Waals surface area contributed by atoms with Crippen LogP contribution >= 0.6 is 0 Å². The molecule has 1 saturated carbocycles. The van der Waals surface area contributed by atoms with Gasteiger partial charge in [0, 0.05) is 12.1 Å². The molecule has 1 N–H and O–H groups in total. The molecular weight excluding hydrogens is 254 g/mol. The zero-order valence-corrected chi connectivity index (χ0v) is 14.0. The lowest BCUT2D eigenvalue weighted by Gasteiger charge is -2.29. The van der Waals surface area contributed by atoms with Gasteiger partial charge in [-0.1, -0.05) is 82.7 Å². The summed E-state index contributed by atoms with van der Waals surface area (Å²) >= 11 is 0. The predicted octanol–water partition coefficient (Wildman–Crippen LogP) is 5.87. The van der Waals surface area contributed by atoms with Gasteiger partial charge in [0.1, 0.15) is 0 Å². The average Bonchev–Trinajstić information content (AvgIpc) is 2.72. The van der Waals surface area contributed by atoms with Crippen molar-refractivity contribution in [1.29, 1.82) is 0 Å². The molecule has 0 aromatic heterocycles. The van der Waals surface area contributed by atoms with Crippen LogP contribution in [-0.4, -0.2) is 6.04 Å². The zero-order valence-electron chi connectivity index (χ0n) is 14.0. The smallest absolute Gasteiger partial charge is 0.0322 e. The highest BCUT2D eigenvalue weighted by Gasteiger charge is 2.23. The average molecular weight is 287 g/mol. The molecule has 0 saturated heterocycles. The van der Waals surface area contributed by atoms with Crippen molar-refractivity contribution in [2.24, 2.45) is 5.92 Å². The van der Waals surface area contributed by atoms with Crippen LogP contribution in [0.4, 0.5) is 0 Å². The Balaban J connectivity index is 2.00. The number of unbranched alkanes of at least 4 members (excludes halogenated alkanes) is 2. The summed E-state index contributed by atoms with van der Waals surface area (Å²) in [5.74, 6) is 0.824. The lowest BCUT2D eigenvalue weighted by molar-refractivity contribution is 0.310. The van der Waals surface area contributed by atoms with E-state index in [1.54, 1.807) is 0 Å². The van der Waals surface area contributed by atoms with Crippen LogP contribution < -0.4 is 5.32 Å². The number of hydrogen-bond acceptors (Lipinski definition) is 1. The maximum Gasteiger partial charge on any atom is 0.0322 e. The second-order valence-electron chi connectivity index (χ2n) is 6.85. The Morgan fingerprint density at radius 2 is 1.81 bits per heavy atom. The van der Waals surface area contributed by atoms with Crippen LogP contribution in [0.2, 0.25) is 0 Å². The molecule has 0 spiro atoms. The van der Waals surface area contributed by atoms with E-state index >= 15 is 0 Å². The van der Waals surface area contributed by atoms with E-state index in [0.717, 1.165) is 5.92 Å². The van der Waals surface area contributed by atoms with E-state index in [4.69, 9.17) is 0 Å². The second kappa shape index (κ2) is 9.25. The Morgan fingerprint density at radius 3 is 2.57 bits per heavy atom. The van der Waals surface area contributed by atoms with Gasteiger partial charge in [0.05, 0.1) is 0 Å². The normalized spacial score (nSPS) is 24.5. The van der Waals surface area contributed by atoms with Crippen molar-refractivity contribution in [2.45, 2.75) is 83.7 Å². The van der Waals surface area contributed by atoms with Crippen LogP contribution in [0.25, 0.3) is 0 Å². The summed E-state index contributed by atoms with van der Waals surface area (Å²) in [6, 6.07) is 12.3. The number of hydrogen-bond donors (Lipinski definition) is 1. The predicted molar refractivity (Wildman–Crippen MR) is 92.5 cm³/mol. The fourth-order valence-corrected chi connectivity index (χ4v) is 3.63. The van der Waals surface area contributed by atoms with E-state index in [1.807, 2.05) is 0 Å². The largest absolute Gasteiger partial charge is 0.307 e. The monoisotopic (exact) mass is 287 g/mol. The van der Waals surface area contributed by atoms with Gasteiger partial charge in [0.25, 0.3) is 0 Å². The molecule has 0 radical (unpaired) electrons. The van der Waals surface area contributed by atoms with E-state index in [1.165, 1.54) is 63.4 Å². The minimum atomic E-state index is 0.545. The molecule has 21 heavy (non-hydrogen) atoms. The third kappa shape index (κ3) is 5.47. The standard InChI is InChI=1S/C20H33N/c1-3-4-7-16-20(18-13-9-6-10-14-18)21-19-15-11-5-8-12-17(19)2/h6,9-10,13-14,17,19-21H,3-5,7-8,11-12,15-16H2,1-2H3. The third-order valence-corrected chi connectivity index (χ3v) is 5.08. The van der Waals surface area contributed by atoms with Crippen molar-refractivity contribution in [1.82, 2.24) is 5.32 Å².